The van der Waals surface area contributed by atoms with Crippen LogP contribution >= 0.6 is 0 Å². The van der Waals surface area contributed by atoms with Crippen molar-refractivity contribution in [2.45, 2.75) is 20.5 Å². The molecule has 1 N–H and O–H groups in total. The number of nitrogens with one attached hydrogen (secondary N) is 1. The Balaban J connectivity index is 1.62. The second kappa shape index (κ2) is 7.15. The predicted molar refractivity (Wildman–Crippen MR) is 93.9 cm³/mol. The number of hydrogen-bond donors (Lipinski definition) is 1. The largest absolute Gasteiger partial charge is 0.319 e. The van der Waals surface area contributed by atoms with Crippen LogP contribution in [0, 0.1) is 13.8 Å². The van der Waals surface area contributed by atoms with Crippen LogP contribution in [-0.2, 0) is 11.4 Å². The molecule has 0 spiro atoms. The van der Waals surface area contributed by atoms with Gasteiger partial charge in [0.05, 0.1) is 6.61 Å². The lowest BCUT2D eigenvalue weighted by atomic mass is 10.2. The summed E-state index contributed by atoms with van der Waals surface area (Å²) in [5, 5.41) is 0. The lowest BCUT2D eigenvalue weighted by Gasteiger charge is -2.10. The molecular weight excluding hydrogens is 300 g/mol. The van der Waals surface area contributed by atoms with Crippen LogP contribution in [0.25, 0.3) is 5.69 Å². The third-order valence-corrected chi connectivity index (χ3v) is 3.91. The molecule has 3 rings (SSSR count). The van der Waals surface area contributed by atoms with Crippen molar-refractivity contribution in [1.82, 2.24) is 10.0 Å². The Labute approximate surface area is 141 Å². The van der Waals surface area contributed by atoms with Crippen LogP contribution in [0.2, 0.25) is 0 Å². The van der Waals surface area contributed by atoms with Crippen LogP contribution in [0.1, 0.15) is 27.3 Å². The molecule has 1 aromatic heterocycles. The zero-order valence-electron chi connectivity index (χ0n) is 13.8. The van der Waals surface area contributed by atoms with Gasteiger partial charge in [0.15, 0.2) is 0 Å². The van der Waals surface area contributed by atoms with Gasteiger partial charge in [-0.3, -0.25) is 9.63 Å². The van der Waals surface area contributed by atoms with E-state index in [4.69, 9.17) is 4.84 Å². The van der Waals surface area contributed by atoms with Gasteiger partial charge in [-0.2, -0.15) is 0 Å². The summed E-state index contributed by atoms with van der Waals surface area (Å²) in [5.41, 5.74) is 7.41. The molecule has 3 aromatic rings. The van der Waals surface area contributed by atoms with Crippen LogP contribution in [0.4, 0.5) is 0 Å². The number of carbonyl (C=O) groups is 1. The molecule has 4 nitrogen and oxygen atoms in total. The fourth-order valence-corrected chi connectivity index (χ4v) is 2.66. The lowest BCUT2D eigenvalue weighted by Crippen LogP contribution is -2.23. The molecule has 1 amide bonds. The maximum absolute atomic E-state index is 12.1. The van der Waals surface area contributed by atoms with Gasteiger partial charge >= 0.3 is 0 Å². The summed E-state index contributed by atoms with van der Waals surface area (Å²) in [6, 6.07) is 21.3. The smallest absolute Gasteiger partial charge is 0.274 e. The van der Waals surface area contributed by atoms with Gasteiger partial charge in [-0.25, -0.2) is 5.48 Å². The van der Waals surface area contributed by atoms with Gasteiger partial charge in [-0.1, -0.05) is 30.3 Å². The van der Waals surface area contributed by atoms with E-state index in [0.717, 1.165) is 22.6 Å². The van der Waals surface area contributed by atoms with Crippen molar-refractivity contribution in [3.05, 3.63) is 89.2 Å². The number of amides is 1. The quantitative estimate of drug-likeness (QED) is 0.723. The first kappa shape index (κ1) is 16.0. The third-order valence-electron chi connectivity index (χ3n) is 3.91. The van der Waals surface area contributed by atoms with Gasteiger partial charge in [-0.05, 0) is 55.8 Å². The Bertz CT molecular complexity index is 801. The van der Waals surface area contributed by atoms with Gasteiger partial charge in [0.25, 0.3) is 5.91 Å². The molecule has 0 aliphatic carbocycles. The highest BCUT2D eigenvalue weighted by atomic mass is 16.6. The second-order valence-corrected chi connectivity index (χ2v) is 5.70. The average Bonchev–Trinajstić information content (AvgIpc) is 2.94. The SMILES string of the molecule is Cc1ccc(C)n1-c1ccc(C(=O)NOCc2ccccc2)cc1. The van der Waals surface area contributed by atoms with Gasteiger partial charge in [0.1, 0.15) is 0 Å². The van der Waals surface area contributed by atoms with Crippen molar-refractivity contribution < 1.29 is 9.63 Å². The Morgan fingerprint density at radius 1 is 0.917 bits per heavy atom. The average molecular weight is 320 g/mol. The minimum Gasteiger partial charge on any atom is -0.319 e. The van der Waals surface area contributed by atoms with E-state index in [9.17, 15) is 4.79 Å². The summed E-state index contributed by atoms with van der Waals surface area (Å²) in [6.07, 6.45) is 0. The molecule has 2 aromatic carbocycles. The molecule has 0 atom stereocenters. The fraction of sp³-hybridized carbons (Fsp3) is 0.150. The van der Waals surface area contributed by atoms with E-state index in [1.54, 1.807) is 12.1 Å². The molecule has 122 valence electrons. The Morgan fingerprint density at radius 3 is 2.17 bits per heavy atom. The van der Waals surface area contributed by atoms with Crippen molar-refractivity contribution in [3.8, 4) is 5.69 Å². The number of rotatable bonds is 5. The first-order valence-electron chi connectivity index (χ1n) is 7.86. The molecule has 0 aliphatic heterocycles. The summed E-state index contributed by atoms with van der Waals surface area (Å²) < 4.78 is 2.15. The number of nitrogens with zero attached hydrogens (tertiary/aromatic N) is 1. The number of hydrogen-bond acceptors (Lipinski definition) is 2. The molecule has 0 radical (unpaired) electrons. The standard InChI is InChI=1S/C20H20N2O2/c1-15-8-9-16(2)22(15)19-12-10-18(11-13-19)20(23)21-24-14-17-6-4-3-5-7-17/h3-13H,14H2,1-2H3,(H,21,23). The highest BCUT2D eigenvalue weighted by Crippen LogP contribution is 2.16. The van der Waals surface area contributed by atoms with Crippen molar-refractivity contribution in [1.29, 1.82) is 0 Å². The van der Waals surface area contributed by atoms with Crippen LogP contribution < -0.4 is 5.48 Å². The first-order valence-corrected chi connectivity index (χ1v) is 7.86. The molecular formula is C20H20N2O2. The number of benzene rings is 2. The van der Waals surface area contributed by atoms with Crippen LogP contribution in [0.3, 0.4) is 0 Å². The zero-order chi connectivity index (χ0) is 16.9. The summed E-state index contributed by atoms with van der Waals surface area (Å²) in [4.78, 5) is 17.4. The second-order valence-electron chi connectivity index (χ2n) is 5.70. The summed E-state index contributed by atoms with van der Waals surface area (Å²) in [5.74, 6) is -0.251. The molecule has 1 heterocycles. The van der Waals surface area contributed by atoms with Crippen LogP contribution in [0.5, 0.6) is 0 Å². The maximum Gasteiger partial charge on any atom is 0.274 e. The number of aryl methyl sites for hydroxylation is 2. The van der Waals surface area contributed by atoms with Gasteiger partial charge in [0.2, 0.25) is 0 Å². The highest BCUT2D eigenvalue weighted by molar-refractivity contribution is 5.93. The number of carbonyl (C=O) groups excluding carboxylic acids is 1. The lowest BCUT2D eigenvalue weighted by molar-refractivity contribution is 0.0233. The number of hydroxylamine groups is 1. The maximum atomic E-state index is 12.1. The molecule has 4 heteroatoms. The minimum absolute atomic E-state index is 0.251. The summed E-state index contributed by atoms with van der Waals surface area (Å²) in [7, 11) is 0. The fourth-order valence-electron chi connectivity index (χ4n) is 2.66. The molecule has 0 unspecified atom stereocenters. The number of aromatic nitrogens is 1. The molecule has 0 saturated carbocycles. The van der Waals surface area contributed by atoms with E-state index in [1.165, 1.54) is 0 Å². The van der Waals surface area contributed by atoms with Gasteiger partial charge in [-0.15, -0.1) is 0 Å². The van der Waals surface area contributed by atoms with Gasteiger partial charge < -0.3 is 4.57 Å². The minimum atomic E-state index is -0.251. The molecule has 24 heavy (non-hydrogen) atoms. The van der Waals surface area contributed by atoms with E-state index in [1.807, 2.05) is 42.5 Å². The van der Waals surface area contributed by atoms with Gasteiger partial charge in [0, 0.05) is 22.6 Å². The Morgan fingerprint density at radius 2 is 1.54 bits per heavy atom. The molecule has 0 fully saturated rings. The van der Waals surface area contributed by atoms with Crippen molar-refractivity contribution >= 4 is 5.91 Å². The predicted octanol–water partition coefficient (Wildman–Crippen LogP) is 3.96. The highest BCUT2D eigenvalue weighted by Gasteiger charge is 2.08. The van der Waals surface area contributed by atoms with Crippen molar-refractivity contribution in [2.24, 2.45) is 0 Å². The summed E-state index contributed by atoms with van der Waals surface area (Å²) in [6.45, 7) is 4.46. The topological polar surface area (TPSA) is 43.3 Å². The van der Waals surface area contributed by atoms with Crippen LogP contribution in [-0.4, -0.2) is 10.5 Å². The van der Waals surface area contributed by atoms with E-state index in [2.05, 4.69) is 36.0 Å². The molecule has 0 bridgehead atoms. The molecule has 0 aliphatic rings. The first-order chi connectivity index (χ1) is 11.6. The monoisotopic (exact) mass is 320 g/mol. The van der Waals surface area contributed by atoms with E-state index >= 15 is 0 Å². The molecule has 0 saturated heterocycles. The van der Waals surface area contributed by atoms with Crippen molar-refractivity contribution in [3.63, 3.8) is 0 Å². The van der Waals surface area contributed by atoms with E-state index in [-0.39, 0.29) is 5.91 Å². The third kappa shape index (κ3) is 3.55. The Kier molecular flexibility index (Phi) is 4.77. The zero-order valence-corrected chi connectivity index (χ0v) is 13.8. The summed E-state index contributed by atoms with van der Waals surface area (Å²) >= 11 is 0. The Hall–Kier alpha value is -2.85. The normalized spacial score (nSPS) is 10.6. The van der Waals surface area contributed by atoms with Crippen molar-refractivity contribution in [2.75, 3.05) is 0 Å². The van der Waals surface area contributed by atoms with Crippen LogP contribution in [0.15, 0.2) is 66.7 Å². The van der Waals surface area contributed by atoms with E-state index in [0.29, 0.717) is 12.2 Å². The van der Waals surface area contributed by atoms with E-state index < -0.39 is 0 Å².